The van der Waals surface area contributed by atoms with Gasteiger partial charge in [0.05, 0.1) is 18.3 Å². The molecule has 0 spiro atoms. The summed E-state index contributed by atoms with van der Waals surface area (Å²) in [5.74, 6) is -0.00896. The van der Waals surface area contributed by atoms with Crippen molar-refractivity contribution in [3.8, 4) is 0 Å². The first-order chi connectivity index (χ1) is 11.7. The van der Waals surface area contributed by atoms with E-state index in [-0.39, 0.29) is 18.4 Å². The number of benzene rings is 2. The maximum absolute atomic E-state index is 12.5. The van der Waals surface area contributed by atoms with Crippen molar-refractivity contribution in [1.82, 2.24) is 14.1 Å². The van der Waals surface area contributed by atoms with Crippen LogP contribution in [0.15, 0.2) is 48.5 Å². The van der Waals surface area contributed by atoms with Crippen molar-refractivity contribution in [1.29, 1.82) is 0 Å². The average Bonchev–Trinajstić information content (AvgIpc) is 3.38. The Morgan fingerprint density at radius 3 is 2.67 bits per heavy atom. The summed E-state index contributed by atoms with van der Waals surface area (Å²) < 4.78 is 8.29. The smallest absolute Gasteiger partial charge is 0.251 e. The lowest BCUT2D eigenvalue weighted by atomic mass is 9.88. The minimum absolute atomic E-state index is 0.199. The highest BCUT2D eigenvalue weighted by Gasteiger charge is 2.45. The Kier molecular flexibility index (Phi) is 3.78. The molecule has 2 N–H and O–H groups in total. The van der Waals surface area contributed by atoms with Gasteiger partial charge in [-0.15, -0.1) is 0 Å². The molecule has 1 aliphatic rings. The highest BCUT2D eigenvalue weighted by molar-refractivity contribution is 7.00. The van der Waals surface area contributed by atoms with Crippen LogP contribution in [0.25, 0.3) is 11.0 Å². The minimum atomic E-state index is -1.01. The van der Waals surface area contributed by atoms with E-state index in [1.165, 1.54) is 0 Å². The van der Waals surface area contributed by atoms with Crippen LogP contribution in [0.4, 0.5) is 0 Å². The summed E-state index contributed by atoms with van der Waals surface area (Å²) in [6.45, 7) is 0.202. The highest BCUT2D eigenvalue weighted by atomic mass is 32.1. The van der Waals surface area contributed by atoms with Crippen LogP contribution in [-0.4, -0.2) is 26.3 Å². The number of amides is 1. The predicted octanol–water partition coefficient (Wildman–Crippen LogP) is 2.72. The number of aliphatic hydroxyl groups is 1. The lowest BCUT2D eigenvalue weighted by Gasteiger charge is -2.29. The normalized spacial score (nSPS) is 16.7. The highest BCUT2D eigenvalue weighted by Crippen LogP contribution is 2.45. The predicted molar refractivity (Wildman–Crippen MR) is 92.8 cm³/mol. The van der Waals surface area contributed by atoms with Crippen LogP contribution < -0.4 is 5.32 Å². The molecule has 3 aromatic rings. The van der Waals surface area contributed by atoms with Crippen LogP contribution in [0.1, 0.15) is 28.8 Å². The molecule has 0 radical (unpaired) electrons. The first-order valence-corrected chi connectivity index (χ1v) is 8.68. The molecule has 1 fully saturated rings. The number of aromatic nitrogens is 2. The number of nitrogens with zero attached hydrogens (tertiary/aromatic N) is 2. The van der Waals surface area contributed by atoms with Gasteiger partial charge in [0.2, 0.25) is 0 Å². The summed E-state index contributed by atoms with van der Waals surface area (Å²) in [5.41, 5.74) is 1.88. The Labute approximate surface area is 143 Å². The van der Waals surface area contributed by atoms with E-state index in [0.717, 1.165) is 35.6 Å². The largest absolute Gasteiger partial charge is 0.383 e. The molecule has 1 heterocycles. The molecule has 5 nitrogen and oxygen atoms in total. The van der Waals surface area contributed by atoms with E-state index in [4.69, 9.17) is 0 Å². The molecule has 1 saturated carbocycles. The minimum Gasteiger partial charge on any atom is -0.383 e. The summed E-state index contributed by atoms with van der Waals surface area (Å²) >= 11 is 1.13. The molecule has 1 atom stereocenters. The fourth-order valence-corrected chi connectivity index (χ4v) is 3.53. The van der Waals surface area contributed by atoms with E-state index in [9.17, 15) is 9.90 Å². The summed E-state index contributed by atoms with van der Waals surface area (Å²) in [7, 11) is 0. The third kappa shape index (κ3) is 2.79. The summed E-state index contributed by atoms with van der Waals surface area (Å²) in [6.07, 6.45) is 1.97. The third-order valence-corrected chi connectivity index (χ3v) is 5.12. The average molecular weight is 339 g/mol. The van der Waals surface area contributed by atoms with E-state index in [2.05, 4.69) is 14.1 Å². The van der Waals surface area contributed by atoms with Gasteiger partial charge < -0.3 is 10.4 Å². The Bertz CT molecular complexity index is 876. The van der Waals surface area contributed by atoms with Crippen LogP contribution in [-0.2, 0) is 5.60 Å². The van der Waals surface area contributed by atoms with Crippen molar-refractivity contribution < 1.29 is 9.90 Å². The number of carbonyl (C=O) groups excluding carboxylic acids is 1. The molecule has 0 bridgehead atoms. The first-order valence-electron chi connectivity index (χ1n) is 7.95. The van der Waals surface area contributed by atoms with Crippen LogP contribution in [0.2, 0.25) is 0 Å². The number of fused-ring (bicyclic) bond motifs is 1. The van der Waals surface area contributed by atoms with Crippen LogP contribution in [0.3, 0.4) is 0 Å². The van der Waals surface area contributed by atoms with Gasteiger partial charge in [-0.3, -0.25) is 4.79 Å². The van der Waals surface area contributed by atoms with E-state index in [0.29, 0.717) is 11.1 Å². The molecule has 0 unspecified atom stereocenters. The zero-order chi connectivity index (χ0) is 16.6. The van der Waals surface area contributed by atoms with Crippen molar-refractivity contribution in [2.75, 3.05) is 6.54 Å². The molecule has 122 valence electrons. The molecule has 1 amide bonds. The second kappa shape index (κ2) is 5.96. The van der Waals surface area contributed by atoms with E-state index in [1.54, 1.807) is 18.2 Å². The molecule has 0 aliphatic heterocycles. The molecule has 0 saturated heterocycles. The molecule has 2 aromatic carbocycles. The van der Waals surface area contributed by atoms with Crippen LogP contribution in [0, 0.1) is 5.92 Å². The standard InChI is InChI=1S/C18H17N3O2S/c22-17(12-6-9-15-16(10-12)21-24-20-15)19-11-18(23,14-7-8-14)13-4-2-1-3-5-13/h1-6,9-10,14,23H,7-8,11H2,(H,19,22)/t18-/m0/s1. The lowest BCUT2D eigenvalue weighted by Crippen LogP contribution is -2.42. The molecular formula is C18H17N3O2S. The molecular weight excluding hydrogens is 322 g/mol. The number of rotatable bonds is 5. The SMILES string of the molecule is O=C(NC[C@](O)(c1ccccc1)C1CC1)c1ccc2nsnc2c1. The van der Waals surface area contributed by atoms with Gasteiger partial charge in [-0.05, 0) is 42.5 Å². The maximum Gasteiger partial charge on any atom is 0.251 e. The van der Waals surface area contributed by atoms with Gasteiger partial charge in [-0.1, -0.05) is 30.3 Å². The fraction of sp³-hybridized carbons (Fsp3) is 0.278. The van der Waals surface area contributed by atoms with Gasteiger partial charge in [0, 0.05) is 5.56 Å². The van der Waals surface area contributed by atoms with Gasteiger partial charge in [0.1, 0.15) is 16.6 Å². The summed E-state index contributed by atoms with van der Waals surface area (Å²) in [4.78, 5) is 12.5. The Balaban J connectivity index is 1.52. The second-order valence-electron chi connectivity index (χ2n) is 6.21. The number of nitrogens with one attached hydrogen (secondary N) is 1. The van der Waals surface area contributed by atoms with Gasteiger partial charge in [-0.2, -0.15) is 8.75 Å². The van der Waals surface area contributed by atoms with Gasteiger partial charge in [0.15, 0.2) is 0 Å². The van der Waals surface area contributed by atoms with Crippen LogP contribution in [0.5, 0.6) is 0 Å². The van der Waals surface area contributed by atoms with Crippen molar-refractivity contribution in [3.05, 3.63) is 59.7 Å². The Morgan fingerprint density at radius 2 is 1.92 bits per heavy atom. The van der Waals surface area contributed by atoms with Crippen molar-refractivity contribution >= 4 is 28.7 Å². The fourth-order valence-electron chi connectivity index (χ4n) is 3.01. The number of hydrogen-bond acceptors (Lipinski definition) is 5. The molecule has 24 heavy (non-hydrogen) atoms. The van der Waals surface area contributed by atoms with Gasteiger partial charge >= 0.3 is 0 Å². The van der Waals surface area contributed by atoms with E-state index < -0.39 is 5.60 Å². The Hall–Kier alpha value is -2.31. The zero-order valence-corrected chi connectivity index (χ0v) is 13.8. The molecule has 6 heteroatoms. The lowest BCUT2D eigenvalue weighted by molar-refractivity contribution is 0.0135. The number of hydrogen-bond donors (Lipinski definition) is 2. The van der Waals surface area contributed by atoms with Crippen molar-refractivity contribution in [2.45, 2.75) is 18.4 Å². The van der Waals surface area contributed by atoms with E-state index in [1.807, 2.05) is 30.3 Å². The maximum atomic E-state index is 12.5. The first kappa shape index (κ1) is 15.2. The van der Waals surface area contributed by atoms with Crippen molar-refractivity contribution in [3.63, 3.8) is 0 Å². The Morgan fingerprint density at radius 1 is 1.17 bits per heavy atom. The van der Waals surface area contributed by atoms with E-state index >= 15 is 0 Å². The quantitative estimate of drug-likeness (QED) is 0.749. The zero-order valence-electron chi connectivity index (χ0n) is 13.0. The monoisotopic (exact) mass is 339 g/mol. The summed E-state index contributed by atoms with van der Waals surface area (Å²) in [5, 5.41) is 14.0. The number of carbonyl (C=O) groups is 1. The van der Waals surface area contributed by atoms with Crippen LogP contribution >= 0.6 is 11.7 Å². The molecule has 4 rings (SSSR count). The van der Waals surface area contributed by atoms with Gasteiger partial charge in [-0.25, -0.2) is 0 Å². The molecule has 1 aliphatic carbocycles. The summed E-state index contributed by atoms with van der Waals surface area (Å²) in [6, 6.07) is 14.8. The second-order valence-corrected chi connectivity index (χ2v) is 6.74. The topological polar surface area (TPSA) is 75.1 Å². The molecule has 1 aromatic heterocycles. The van der Waals surface area contributed by atoms with Gasteiger partial charge in [0.25, 0.3) is 5.91 Å². The van der Waals surface area contributed by atoms with Crippen molar-refractivity contribution in [2.24, 2.45) is 5.92 Å². The third-order valence-electron chi connectivity index (χ3n) is 4.56.